The Labute approximate surface area is 126 Å². The molecule has 0 fully saturated rings. The van der Waals surface area contributed by atoms with Crippen molar-refractivity contribution in [3.63, 3.8) is 0 Å². The van der Waals surface area contributed by atoms with Crippen molar-refractivity contribution in [3.05, 3.63) is 58.3 Å². The summed E-state index contributed by atoms with van der Waals surface area (Å²) in [6.07, 6.45) is 11.4. The molecule has 1 aromatic carbocycles. The average molecular weight is 290 g/mol. The zero-order valence-electron chi connectivity index (χ0n) is 10.6. The van der Waals surface area contributed by atoms with Crippen molar-refractivity contribution in [3.8, 4) is 45.6 Å². The van der Waals surface area contributed by atoms with Crippen LogP contribution in [0.15, 0.2) is 47.2 Å². The molecule has 94 valence electrons. The third-order valence-corrected chi connectivity index (χ3v) is 4.85. The zero-order valence-corrected chi connectivity index (χ0v) is 12.2. The van der Waals surface area contributed by atoms with Crippen LogP contribution in [0.1, 0.15) is 11.1 Å². The van der Waals surface area contributed by atoms with Crippen LogP contribution in [0.2, 0.25) is 0 Å². The Morgan fingerprint density at radius 1 is 0.750 bits per heavy atom. The van der Waals surface area contributed by atoms with Crippen LogP contribution in [-0.2, 0) is 0 Å². The van der Waals surface area contributed by atoms with E-state index in [-0.39, 0.29) is 0 Å². The largest absolute Gasteiger partial charge is 0.144 e. The topological polar surface area (TPSA) is 0 Å². The lowest BCUT2D eigenvalue weighted by Crippen LogP contribution is -1.89. The number of terminal acetylenes is 2. The molecule has 2 heteroatoms. The Morgan fingerprint density at radius 2 is 1.20 bits per heavy atom. The van der Waals surface area contributed by atoms with Crippen molar-refractivity contribution in [2.45, 2.75) is 0 Å². The first kappa shape index (κ1) is 12.8. The molecular weight excluding hydrogens is 280 g/mol. The molecule has 0 atom stereocenters. The summed E-state index contributed by atoms with van der Waals surface area (Å²) in [6, 6.07) is 12.2. The molecule has 0 nitrogen and oxygen atoms in total. The monoisotopic (exact) mass is 290 g/mol. The number of hydrogen-bond acceptors (Lipinski definition) is 2. The molecule has 0 aliphatic rings. The molecule has 0 bridgehead atoms. The third kappa shape index (κ3) is 2.17. The second-order valence-corrected chi connectivity index (χ2v) is 6.08. The van der Waals surface area contributed by atoms with Gasteiger partial charge in [0.05, 0.1) is 0 Å². The minimum atomic E-state index is 0.884. The molecule has 0 aliphatic carbocycles. The highest BCUT2D eigenvalue weighted by molar-refractivity contribution is 7.14. The first-order valence-corrected chi connectivity index (χ1v) is 7.78. The van der Waals surface area contributed by atoms with Crippen LogP contribution in [0, 0.1) is 24.7 Å². The fourth-order valence-corrected chi connectivity index (χ4v) is 3.62. The van der Waals surface area contributed by atoms with E-state index in [1.54, 1.807) is 22.7 Å². The van der Waals surface area contributed by atoms with E-state index >= 15 is 0 Å². The van der Waals surface area contributed by atoms with Crippen LogP contribution in [0.4, 0.5) is 0 Å². The molecule has 0 spiro atoms. The first-order valence-electron chi connectivity index (χ1n) is 6.02. The molecule has 2 aromatic heterocycles. The molecule has 0 aliphatic heterocycles. The van der Waals surface area contributed by atoms with E-state index in [0.717, 1.165) is 32.0 Å². The van der Waals surface area contributed by atoms with E-state index in [1.807, 2.05) is 35.0 Å². The van der Waals surface area contributed by atoms with Gasteiger partial charge in [-0.1, -0.05) is 24.0 Å². The van der Waals surface area contributed by atoms with E-state index in [9.17, 15) is 0 Å². The van der Waals surface area contributed by atoms with Gasteiger partial charge in [0.25, 0.3) is 0 Å². The summed E-state index contributed by atoms with van der Waals surface area (Å²) in [5.41, 5.74) is 3.84. The van der Waals surface area contributed by atoms with Crippen LogP contribution < -0.4 is 0 Å². The van der Waals surface area contributed by atoms with Gasteiger partial charge in [0.1, 0.15) is 0 Å². The number of benzene rings is 1. The Kier molecular flexibility index (Phi) is 3.44. The van der Waals surface area contributed by atoms with Crippen molar-refractivity contribution in [1.82, 2.24) is 0 Å². The minimum Gasteiger partial charge on any atom is -0.144 e. The lowest BCUT2D eigenvalue weighted by Gasteiger charge is -2.09. The molecule has 0 saturated carbocycles. The summed E-state index contributed by atoms with van der Waals surface area (Å²) in [5, 5.41) is 4.08. The van der Waals surface area contributed by atoms with E-state index in [0.29, 0.717) is 0 Å². The Balaban J connectivity index is 2.26. The van der Waals surface area contributed by atoms with Gasteiger partial charge in [-0.05, 0) is 35.0 Å². The summed E-state index contributed by atoms with van der Waals surface area (Å²) in [5.74, 6) is 5.56. The normalized spacial score (nSPS) is 9.90. The summed E-state index contributed by atoms with van der Waals surface area (Å²) in [7, 11) is 0. The second kappa shape index (κ2) is 5.39. The lowest BCUT2D eigenvalue weighted by atomic mass is 9.97. The Morgan fingerprint density at radius 3 is 1.50 bits per heavy atom. The molecule has 0 N–H and O–H groups in total. The maximum absolute atomic E-state index is 5.68. The van der Waals surface area contributed by atoms with Gasteiger partial charge < -0.3 is 0 Å². The van der Waals surface area contributed by atoms with Crippen molar-refractivity contribution in [1.29, 1.82) is 0 Å². The molecular formula is C18H10S2. The van der Waals surface area contributed by atoms with Crippen molar-refractivity contribution in [2.75, 3.05) is 0 Å². The lowest BCUT2D eigenvalue weighted by molar-refractivity contribution is 1.60. The summed E-state index contributed by atoms with van der Waals surface area (Å²) < 4.78 is 0. The van der Waals surface area contributed by atoms with Gasteiger partial charge in [-0.25, -0.2) is 0 Å². The predicted octanol–water partition coefficient (Wildman–Crippen LogP) is 5.11. The van der Waals surface area contributed by atoms with E-state index in [1.165, 1.54) is 0 Å². The third-order valence-electron chi connectivity index (χ3n) is 3.04. The number of thiophene rings is 2. The van der Waals surface area contributed by atoms with Crippen molar-refractivity contribution < 1.29 is 0 Å². The van der Waals surface area contributed by atoms with E-state index in [2.05, 4.69) is 24.0 Å². The predicted molar refractivity (Wildman–Crippen MR) is 88.9 cm³/mol. The minimum absolute atomic E-state index is 0.884. The fourth-order valence-electron chi connectivity index (χ4n) is 2.11. The van der Waals surface area contributed by atoms with E-state index < -0.39 is 0 Å². The highest BCUT2D eigenvalue weighted by Crippen LogP contribution is 2.35. The van der Waals surface area contributed by atoms with Gasteiger partial charge in [0.15, 0.2) is 0 Å². The highest BCUT2D eigenvalue weighted by Gasteiger charge is 2.12. The van der Waals surface area contributed by atoms with Gasteiger partial charge >= 0.3 is 0 Å². The quantitative estimate of drug-likeness (QED) is 0.576. The van der Waals surface area contributed by atoms with Crippen LogP contribution in [0.25, 0.3) is 20.9 Å². The van der Waals surface area contributed by atoms with Gasteiger partial charge in [-0.3, -0.25) is 0 Å². The van der Waals surface area contributed by atoms with Crippen LogP contribution in [0.3, 0.4) is 0 Å². The fraction of sp³-hybridized carbons (Fsp3) is 0. The van der Waals surface area contributed by atoms with Gasteiger partial charge in [-0.15, -0.1) is 35.5 Å². The molecule has 0 amide bonds. The van der Waals surface area contributed by atoms with E-state index in [4.69, 9.17) is 12.8 Å². The maximum Gasteiger partial charge on any atom is 0.0355 e. The first-order chi connectivity index (χ1) is 9.83. The summed E-state index contributed by atoms with van der Waals surface area (Å²) in [4.78, 5) is 2.29. The van der Waals surface area contributed by atoms with Gasteiger partial charge in [0, 0.05) is 32.0 Å². The standard InChI is InChI=1S/C18H10S2/c1-3-13-11-16(18-8-6-10-20-18)14(4-2)12-15(13)17-7-5-9-19-17/h1-2,5-12H. The average Bonchev–Trinajstić information content (AvgIpc) is 3.18. The molecule has 0 saturated heterocycles. The smallest absolute Gasteiger partial charge is 0.0355 e. The summed E-state index contributed by atoms with van der Waals surface area (Å²) >= 11 is 3.33. The summed E-state index contributed by atoms with van der Waals surface area (Å²) in [6.45, 7) is 0. The van der Waals surface area contributed by atoms with Crippen molar-refractivity contribution in [2.24, 2.45) is 0 Å². The van der Waals surface area contributed by atoms with Gasteiger partial charge in [0.2, 0.25) is 0 Å². The number of rotatable bonds is 2. The molecule has 3 aromatic rings. The number of hydrogen-bond donors (Lipinski definition) is 0. The zero-order chi connectivity index (χ0) is 13.9. The Bertz CT molecular complexity index is 736. The van der Waals surface area contributed by atoms with Crippen LogP contribution in [0.5, 0.6) is 0 Å². The SMILES string of the molecule is C#Cc1cc(-c2cccs2)c(C#C)cc1-c1cccs1. The maximum atomic E-state index is 5.68. The molecule has 3 rings (SSSR count). The molecule has 0 radical (unpaired) electrons. The molecule has 20 heavy (non-hydrogen) atoms. The highest BCUT2D eigenvalue weighted by atomic mass is 32.1. The Hall–Kier alpha value is -2.26. The van der Waals surface area contributed by atoms with Crippen LogP contribution in [-0.4, -0.2) is 0 Å². The molecule has 0 unspecified atom stereocenters. The second-order valence-electron chi connectivity index (χ2n) is 4.19. The van der Waals surface area contributed by atoms with Gasteiger partial charge in [-0.2, -0.15) is 0 Å². The van der Waals surface area contributed by atoms with Crippen LogP contribution >= 0.6 is 22.7 Å². The molecule has 2 heterocycles. The van der Waals surface area contributed by atoms with Crippen molar-refractivity contribution >= 4 is 22.7 Å².